The summed E-state index contributed by atoms with van der Waals surface area (Å²) in [5, 5.41) is 0. The summed E-state index contributed by atoms with van der Waals surface area (Å²) < 4.78 is 5.14. The molecule has 0 heterocycles. The third kappa shape index (κ3) is 1.44. The van der Waals surface area contributed by atoms with Crippen LogP contribution in [0.15, 0.2) is 0 Å². The van der Waals surface area contributed by atoms with E-state index in [1.807, 2.05) is 0 Å². The van der Waals surface area contributed by atoms with Crippen LogP contribution in [0, 0.1) is 0 Å². The number of nitrogens with two attached hydrogens (primary N) is 2. The van der Waals surface area contributed by atoms with E-state index in [0.29, 0.717) is 6.42 Å². The highest BCUT2D eigenvalue weighted by molar-refractivity contribution is 5.85. The van der Waals surface area contributed by atoms with Gasteiger partial charge in [-0.25, -0.2) is 0 Å². The Morgan fingerprint density at radius 2 is 2.25 bits per heavy atom. The molecule has 0 unspecified atom stereocenters. The van der Waals surface area contributed by atoms with Gasteiger partial charge in [0.05, 0.1) is 6.10 Å². The number of hydrogen-bond donors (Lipinski definition) is 2. The maximum Gasteiger partial charge on any atom is 0.240 e. The number of rotatable bonds is 2. The first-order valence-electron chi connectivity index (χ1n) is 4.23. The first-order chi connectivity index (χ1) is 5.61. The molecule has 0 spiro atoms. The molecule has 1 aliphatic carbocycles. The van der Waals surface area contributed by atoms with Crippen molar-refractivity contribution in [2.75, 3.05) is 7.11 Å². The first-order valence-corrected chi connectivity index (χ1v) is 4.23. The fraction of sp³-hybridized carbons (Fsp3) is 0.875. The monoisotopic (exact) mass is 172 g/mol. The number of carbonyl (C=O) groups is 1. The molecule has 1 amide bonds. The Balaban J connectivity index is 2.75. The van der Waals surface area contributed by atoms with Gasteiger partial charge in [0.1, 0.15) is 5.54 Å². The van der Waals surface area contributed by atoms with Crippen LogP contribution in [0.1, 0.15) is 25.7 Å². The number of ether oxygens (including phenoxy) is 1. The predicted molar refractivity (Wildman–Crippen MR) is 45.4 cm³/mol. The van der Waals surface area contributed by atoms with Crippen LogP contribution in [0.2, 0.25) is 0 Å². The van der Waals surface area contributed by atoms with Gasteiger partial charge < -0.3 is 16.2 Å². The molecule has 1 rings (SSSR count). The summed E-state index contributed by atoms with van der Waals surface area (Å²) in [4.78, 5) is 11.1. The van der Waals surface area contributed by atoms with E-state index in [4.69, 9.17) is 16.2 Å². The van der Waals surface area contributed by atoms with E-state index in [9.17, 15) is 4.79 Å². The summed E-state index contributed by atoms with van der Waals surface area (Å²) in [6, 6.07) is 0. The standard InChI is InChI=1S/C8H16N2O2/c1-12-6-4-2-3-5-8(6,10)7(9)11/h6H,2-5,10H2,1H3,(H2,9,11)/t6-,8-/m0/s1. The smallest absolute Gasteiger partial charge is 0.240 e. The fourth-order valence-electron chi connectivity index (χ4n) is 1.78. The van der Waals surface area contributed by atoms with Crippen LogP contribution in [-0.2, 0) is 9.53 Å². The van der Waals surface area contributed by atoms with Gasteiger partial charge in [0.15, 0.2) is 0 Å². The minimum absolute atomic E-state index is 0.205. The minimum atomic E-state index is -0.938. The number of primary amides is 1. The largest absolute Gasteiger partial charge is 0.379 e. The number of carbonyl (C=O) groups excluding carboxylic acids is 1. The van der Waals surface area contributed by atoms with Crippen LogP contribution in [0.3, 0.4) is 0 Å². The van der Waals surface area contributed by atoms with Gasteiger partial charge >= 0.3 is 0 Å². The Hall–Kier alpha value is -0.610. The fourth-order valence-corrected chi connectivity index (χ4v) is 1.78. The van der Waals surface area contributed by atoms with Crippen molar-refractivity contribution in [1.82, 2.24) is 0 Å². The maximum atomic E-state index is 11.1. The van der Waals surface area contributed by atoms with Gasteiger partial charge in [-0.05, 0) is 12.8 Å². The van der Waals surface area contributed by atoms with E-state index in [2.05, 4.69) is 0 Å². The van der Waals surface area contributed by atoms with Crippen molar-refractivity contribution in [1.29, 1.82) is 0 Å². The summed E-state index contributed by atoms with van der Waals surface area (Å²) in [5.41, 5.74) is 10.1. The molecule has 0 radical (unpaired) electrons. The van der Waals surface area contributed by atoms with E-state index in [-0.39, 0.29) is 6.10 Å². The zero-order chi connectivity index (χ0) is 9.19. The highest BCUT2D eigenvalue weighted by atomic mass is 16.5. The van der Waals surface area contributed by atoms with Crippen LogP contribution < -0.4 is 11.5 Å². The van der Waals surface area contributed by atoms with E-state index in [1.165, 1.54) is 0 Å². The molecular weight excluding hydrogens is 156 g/mol. The summed E-state index contributed by atoms with van der Waals surface area (Å²) in [6.45, 7) is 0. The third-order valence-electron chi connectivity index (χ3n) is 2.62. The van der Waals surface area contributed by atoms with Crippen LogP contribution in [-0.4, -0.2) is 24.7 Å². The summed E-state index contributed by atoms with van der Waals surface area (Å²) in [6.07, 6.45) is 3.28. The summed E-state index contributed by atoms with van der Waals surface area (Å²) in [5.74, 6) is -0.450. The van der Waals surface area contributed by atoms with Gasteiger partial charge in [0, 0.05) is 7.11 Å². The van der Waals surface area contributed by atoms with Gasteiger partial charge in [-0.1, -0.05) is 12.8 Å². The van der Waals surface area contributed by atoms with Gasteiger partial charge in [-0.3, -0.25) is 4.79 Å². The Bertz CT molecular complexity index is 184. The Morgan fingerprint density at radius 1 is 1.58 bits per heavy atom. The minimum Gasteiger partial charge on any atom is -0.379 e. The lowest BCUT2D eigenvalue weighted by atomic mass is 9.79. The SMILES string of the molecule is CO[C@H]1CCCC[C@@]1(N)C(N)=O. The zero-order valence-corrected chi connectivity index (χ0v) is 7.38. The quantitative estimate of drug-likeness (QED) is 0.603. The number of methoxy groups -OCH3 is 1. The molecule has 2 atom stereocenters. The van der Waals surface area contributed by atoms with Crippen molar-refractivity contribution in [2.24, 2.45) is 11.5 Å². The Kier molecular flexibility index (Phi) is 2.69. The van der Waals surface area contributed by atoms with Crippen LogP contribution in [0.25, 0.3) is 0 Å². The van der Waals surface area contributed by atoms with Crippen molar-refractivity contribution >= 4 is 5.91 Å². The second kappa shape index (κ2) is 3.41. The Labute approximate surface area is 72.2 Å². The molecule has 0 saturated heterocycles. The van der Waals surface area contributed by atoms with E-state index >= 15 is 0 Å². The molecule has 4 heteroatoms. The van der Waals surface area contributed by atoms with Gasteiger partial charge in [-0.15, -0.1) is 0 Å². The van der Waals surface area contributed by atoms with Gasteiger partial charge in [0.2, 0.25) is 5.91 Å². The topological polar surface area (TPSA) is 78.3 Å². The predicted octanol–water partition coefficient (Wildman–Crippen LogP) is -0.242. The second-order valence-electron chi connectivity index (χ2n) is 3.37. The summed E-state index contributed by atoms with van der Waals surface area (Å²) >= 11 is 0. The molecule has 12 heavy (non-hydrogen) atoms. The van der Waals surface area contributed by atoms with Crippen molar-refractivity contribution in [3.05, 3.63) is 0 Å². The van der Waals surface area contributed by atoms with Crippen LogP contribution in [0.5, 0.6) is 0 Å². The number of amides is 1. The molecule has 0 bridgehead atoms. The molecule has 0 aromatic rings. The molecule has 0 aromatic carbocycles. The van der Waals surface area contributed by atoms with Crippen molar-refractivity contribution in [2.45, 2.75) is 37.3 Å². The van der Waals surface area contributed by atoms with Crippen molar-refractivity contribution in [3.8, 4) is 0 Å². The molecule has 4 nitrogen and oxygen atoms in total. The van der Waals surface area contributed by atoms with Crippen molar-refractivity contribution < 1.29 is 9.53 Å². The second-order valence-corrected chi connectivity index (χ2v) is 3.37. The third-order valence-corrected chi connectivity index (χ3v) is 2.62. The summed E-state index contributed by atoms with van der Waals surface area (Å²) in [7, 11) is 1.57. The van der Waals surface area contributed by atoms with Gasteiger partial charge in [0.25, 0.3) is 0 Å². The molecule has 70 valence electrons. The maximum absolute atomic E-state index is 11.1. The highest BCUT2D eigenvalue weighted by Crippen LogP contribution is 2.27. The van der Waals surface area contributed by atoms with E-state index in [0.717, 1.165) is 19.3 Å². The average molecular weight is 172 g/mol. The lowest BCUT2D eigenvalue weighted by Crippen LogP contribution is -2.62. The number of hydrogen-bond acceptors (Lipinski definition) is 3. The molecule has 0 aromatic heterocycles. The van der Waals surface area contributed by atoms with Gasteiger partial charge in [-0.2, -0.15) is 0 Å². The lowest BCUT2D eigenvalue weighted by Gasteiger charge is -2.37. The zero-order valence-electron chi connectivity index (χ0n) is 7.38. The normalized spacial score (nSPS) is 36.3. The van der Waals surface area contributed by atoms with Crippen LogP contribution in [0.4, 0.5) is 0 Å². The highest BCUT2D eigenvalue weighted by Gasteiger charge is 2.42. The molecule has 0 aliphatic heterocycles. The molecule has 1 fully saturated rings. The van der Waals surface area contributed by atoms with E-state index < -0.39 is 11.4 Å². The van der Waals surface area contributed by atoms with Crippen molar-refractivity contribution in [3.63, 3.8) is 0 Å². The molecule has 1 saturated carbocycles. The van der Waals surface area contributed by atoms with Crippen LogP contribution >= 0.6 is 0 Å². The molecular formula is C8H16N2O2. The average Bonchev–Trinajstić information content (AvgIpc) is 2.05. The molecule has 1 aliphatic rings. The Morgan fingerprint density at radius 3 is 2.67 bits per heavy atom. The first kappa shape index (κ1) is 9.48. The van der Waals surface area contributed by atoms with E-state index in [1.54, 1.807) is 7.11 Å². The molecule has 4 N–H and O–H groups in total. The lowest BCUT2D eigenvalue weighted by molar-refractivity contribution is -0.130.